The van der Waals surface area contributed by atoms with Gasteiger partial charge in [0.05, 0.1) is 11.1 Å². The Morgan fingerprint density at radius 3 is 3.00 bits per heavy atom. The first-order chi connectivity index (χ1) is 9.49. The van der Waals surface area contributed by atoms with Crippen LogP contribution in [0, 0.1) is 6.92 Å². The Morgan fingerprint density at radius 2 is 2.30 bits per heavy atom. The fourth-order valence-electron chi connectivity index (χ4n) is 2.50. The quantitative estimate of drug-likeness (QED) is 0.828. The number of nitrogens with two attached hydrogens (primary N) is 1. The van der Waals surface area contributed by atoms with Crippen molar-refractivity contribution in [1.29, 1.82) is 0 Å². The van der Waals surface area contributed by atoms with Gasteiger partial charge in [0.15, 0.2) is 0 Å². The van der Waals surface area contributed by atoms with Gasteiger partial charge >= 0.3 is 0 Å². The molecule has 20 heavy (non-hydrogen) atoms. The summed E-state index contributed by atoms with van der Waals surface area (Å²) in [5.41, 5.74) is 6.67. The van der Waals surface area contributed by atoms with E-state index in [1.54, 1.807) is 12.3 Å². The highest BCUT2D eigenvalue weighted by atomic mass is 32.1. The molecule has 0 spiro atoms. The third kappa shape index (κ3) is 1.82. The van der Waals surface area contributed by atoms with Crippen LogP contribution >= 0.6 is 11.3 Å². The number of amides is 1. The van der Waals surface area contributed by atoms with Crippen LogP contribution in [0.2, 0.25) is 0 Å². The molecule has 104 valence electrons. The molecule has 0 bridgehead atoms. The van der Waals surface area contributed by atoms with Crippen LogP contribution < -0.4 is 16.6 Å². The van der Waals surface area contributed by atoms with E-state index in [-0.39, 0.29) is 11.5 Å². The Bertz CT molecular complexity index is 790. The minimum Gasteiger partial charge on any atom is -0.397 e. The summed E-state index contributed by atoms with van der Waals surface area (Å²) in [5, 5.41) is 4.79. The van der Waals surface area contributed by atoms with Gasteiger partial charge in [-0.25, -0.2) is 4.98 Å². The van der Waals surface area contributed by atoms with Crippen LogP contribution in [0.4, 0.5) is 5.69 Å². The average Bonchev–Trinajstić information content (AvgIpc) is 2.73. The van der Waals surface area contributed by atoms with Crippen LogP contribution in [-0.2, 0) is 4.79 Å². The number of carbonyl (C=O) groups is 1. The first kappa shape index (κ1) is 12.9. The SMILES string of the molecule is C=C1CCC(n2c(C)nc3scc(N)c3c2=O)C(=O)N1. The molecule has 3 N–H and O–H groups in total. The lowest BCUT2D eigenvalue weighted by molar-refractivity contribution is -0.124. The summed E-state index contributed by atoms with van der Waals surface area (Å²) < 4.78 is 1.44. The molecule has 1 unspecified atom stereocenters. The van der Waals surface area contributed by atoms with Gasteiger partial charge in [-0.05, 0) is 19.8 Å². The summed E-state index contributed by atoms with van der Waals surface area (Å²) >= 11 is 1.33. The van der Waals surface area contributed by atoms with Crippen molar-refractivity contribution in [2.75, 3.05) is 5.73 Å². The van der Waals surface area contributed by atoms with Crippen molar-refractivity contribution in [3.63, 3.8) is 0 Å². The second kappa shape index (κ2) is 4.45. The third-order valence-corrected chi connectivity index (χ3v) is 4.37. The number of hydrogen-bond donors (Lipinski definition) is 2. The molecule has 0 aliphatic carbocycles. The number of fused-ring (bicyclic) bond motifs is 1. The zero-order valence-corrected chi connectivity index (χ0v) is 11.8. The van der Waals surface area contributed by atoms with E-state index in [0.717, 1.165) is 0 Å². The number of rotatable bonds is 1. The molecule has 2 aromatic heterocycles. The topological polar surface area (TPSA) is 90.0 Å². The van der Waals surface area contributed by atoms with Crippen molar-refractivity contribution >= 4 is 33.1 Å². The lowest BCUT2D eigenvalue weighted by Gasteiger charge is -2.26. The van der Waals surface area contributed by atoms with Gasteiger partial charge in [0, 0.05) is 11.1 Å². The normalized spacial score (nSPS) is 19.4. The fraction of sp³-hybridized carbons (Fsp3) is 0.308. The molecule has 7 heteroatoms. The second-order valence-corrected chi connectivity index (χ2v) is 5.71. The van der Waals surface area contributed by atoms with Gasteiger partial charge in [-0.3, -0.25) is 14.2 Å². The summed E-state index contributed by atoms with van der Waals surface area (Å²) in [6.07, 6.45) is 1.20. The number of thiophene rings is 1. The molecule has 0 radical (unpaired) electrons. The summed E-state index contributed by atoms with van der Waals surface area (Å²) in [6, 6.07) is -0.552. The van der Waals surface area contributed by atoms with Crippen molar-refractivity contribution in [3.05, 3.63) is 33.8 Å². The van der Waals surface area contributed by atoms with Gasteiger partial charge in [-0.1, -0.05) is 6.58 Å². The number of aromatic nitrogens is 2. The van der Waals surface area contributed by atoms with Gasteiger partial charge in [-0.2, -0.15) is 0 Å². The summed E-state index contributed by atoms with van der Waals surface area (Å²) in [4.78, 5) is 29.7. The van der Waals surface area contributed by atoms with Crippen LogP contribution in [0.25, 0.3) is 10.2 Å². The largest absolute Gasteiger partial charge is 0.397 e. The van der Waals surface area contributed by atoms with Crippen molar-refractivity contribution in [2.45, 2.75) is 25.8 Å². The van der Waals surface area contributed by atoms with Crippen LogP contribution in [0.5, 0.6) is 0 Å². The molecule has 1 atom stereocenters. The van der Waals surface area contributed by atoms with Crippen molar-refractivity contribution in [2.24, 2.45) is 0 Å². The first-order valence-corrected chi connectivity index (χ1v) is 7.11. The maximum atomic E-state index is 12.6. The van der Waals surface area contributed by atoms with E-state index in [0.29, 0.717) is 40.3 Å². The van der Waals surface area contributed by atoms with E-state index in [2.05, 4.69) is 16.9 Å². The minimum absolute atomic E-state index is 0.221. The zero-order valence-electron chi connectivity index (χ0n) is 11.0. The van der Waals surface area contributed by atoms with Gasteiger partial charge in [0.25, 0.3) is 5.56 Å². The maximum Gasteiger partial charge on any atom is 0.265 e. The monoisotopic (exact) mass is 290 g/mol. The average molecular weight is 290 g/mol. The van der Waals surface area contributed by atoms with Crippen molar-refractivity contribution < 1.29 is 4.79 Å². The van der Waals surface area contributed by atoms with Crippen LogP contribution in [0.15, 0.2) is 22.5 Å². The number of carbonyl (C=O) groups excluding carboxylic acids is 1. The Kier molecular flexibility index (Phi) is 2.86. The molecular weight excluding hydrogens is 276 g/mol. The Labute approximate surface area is 118 Å². The number of allylic oxidation sites excluding steroid dienone is 1. The summed E-state index contributed by atoms with van der Waals surface area (Å²) in [5.74, 6) is 0.304. The molecule has 1 aliphatic heterocycles. The molecule has 0 aromatic carbocycles. The molecule has 3 rings (SSSR count). The molecule has 1 amide bonds. The highest BCUT2D eigenvalue weighted by Gasteiger charge is 2.28. The lowest BCUT2D eigenvalue weighted by Crippen LogP contribution is -2.41. The van der Waals surface area contributed by atoms with Gasteiger partial charge in [0.1, 0.15) is 16.7 Å². The van der Waals surface area contributed by atoms with Gasteiger partial charge < -0.3 is 11.1 Å². The molecule has 1 saturated heterocycles. The molecule has 6 nitrogen and oxygen atoms in total. The number of nitrogens with one attached hydrogen (secondary N) is 1. The number of piperidine rings is 1. The minimum atomic E-state index is -0.552. The van der Waals surface area contributed by atoms with E-state index in [1.807, 2.05) is 0 Å². The van der Waals surface area contributed by atoms with Gasteiger partial charge in [-0.15, -0.1) is 11.3 Å². The van der Waals surface area contributed by atoms with E-state index < -0.39 is 6.04 Å². The summed E-state index contributed by atoms with van der Waals surface area (Å²) in [7, 11) is 0. The highest BCUT2D eigenvalue weighted by Crippen LogP contribution is 2.26. The number of aryl methyl sites for hydroxylation is 1. The van der Waals surface area contributed by atoms with E-state index in [1.165, 1.54) is 15.9 Å². The number of nitrogens with zero attached hydrogens (tertiary/aromatic N) is 2. The Hall–Kier alpha value is -2.15. The van der Waals surface area contributed by atoms with Crippen molar-refractivity contribution in [3.8, 4) is 0 Å². The molecule has 2 aromatic rings. The van der Waals surface area contributed by atoms with Crippen molar-refractivity contribution in [1.82, 2.24) is 14.9 Å². The van der Waals surface area contributed by atoms with E-state index >= 15 is 0 Å². The first-order valence-electron chi connectivity index (χ1n) is 6.23. The molecule has 1 aliphatic rings. The zero-order chi connectivity index (χ0) is 14.4. The predicted octanol–water partition coefficient (Wildman–Crippen LogP) is 1.31. The Balaban J connectivity index is 2.21. The number of anilines is 1. The predicted molar refractivity (Wildman–Crippen MR) is 78.6 cm³/mol. The van der Waals surface area contributed by atoms with Crippen LogP contribution in [0.1, 0.15) is 24.7 Å². The van der Waals surface area contributed by atoms with Crippen LogP contribution in [0.3, 0.4) is 0 Å². The lowest BCUT2D eigenvalue weighted by atomic mass is 10.0. The van der Waals surface area contributed by atoms with E-state index in [4.69, 9.17) is 5.73 Å². The van der Waals surface area contributed by atoms with Gasteiger partial charge in [0.2, 0.25) is 5.91 Å². The number of nitrogen functional groups attached to an aromatic ring is 1. The van der Waals surface area contributed by atoms with E-state index in [9.17, 15) is 9.59 Å². The fourth-order valence-corrected chi connectivity index (χ4v) is 3.37. The molecule has 3 heterocycles. The highest BCUT2D eigenvalue weighted by molar-refractivity contribution is 7.17. The Morgan fingerprint density at radius 1 is 1.55 bits per heavy atom. The maximum absolute atomic E-state index is 12.6. The smallest absolute Gasteiger partial charge is 0.265 e. The standard InChI is InChI=1S/C13H14N4O2S/c1-6-3-4-9(11(18)15-6)17-7(2)16-12-10(13(17)19)8(14)5-20-12/h5,9H,1,3-4,14H2,2H3,(H,15,18). The summed E-state index contributed by atoms with van der Waals surface area (Å²) in [6.45, 7) is 5.47. The molecule has 1 fully saturated rings. The molecule has 0 saturated carbocycles. The molecular formula is C13H14N4O2S. The third-order valence-electron chi connectivity index (χ3n) is 3.48. The number of hydrogen-bond acceptors (Lipinski definition) is 5. The van der Waals surface area contributed by atoms with Crippen LogP contribution in [-0.4, -0.2) is 15.5 Å². The second-order valence-electron chi connectivity index (χ2n) is 4.85.